The molecule has 0 amide bonds. The summed E-state index contributed by atoms with van der Waals surface area (Å²) in [6, 6.07) is 16.1. The van der Waals surface area contributed by atoms with Crippen molar-refractivity contribution in [2.24, 2.45) is 0 Å². The minimum Gasteiger partial charge on any atom is -0.478 e. The van der Waals surface area contributed by atoms with Gasteiger partial charge >= 0.3 is 5.97 Å². The summed E-state index contributed by atoms with van der Waals surface area (Å²) in [5.74, 6) is -1.07. The van der Waals surface area contributed by atoms with Crippen LogP contribution in [0.2, 0.25) is 10.0 Å². The number of aromatic carboxylic acids is 1. The minimum absolute atomic E-state index is 0.0579. The van der Waals surface area contributed by atoms with E-state index in [9.17, 15) is 10.1 Å². The topological polar surface area (TPSA) is 66.0 Å². The van der Waals surface area contributed by atoms with Gasteiger partial charge < -0.3 is 9.67 Å². The van der Waals surface area contributed by atoms with E-state index in [2.05, 4.69) is 6.07 Å². The van der Waals surface area contributed by atoms with Crippen LogP contribution in [0.15, 0.2) is 48.5 Å². The number of carbonyl (C=O) groups is 1. The summed E-state index contributed by atoms with van der Waals surface area (Å²) in [7, 11) is 0. The fourth-order valence-corrected chi connectivity index (χ4v) is 3.49. The Morgan fingerprint density at radius 3 is 2.36 bits per heavy atom. The predicted octanol–water partition coefficient (Wildman–Crippen LogP) is 6.16. The standard InChI is InChI=1S/C22H16Cl2N2O2/c1-13-9-16(10-17(12-25)15-3-5-18(23)6-4-15)14(2)26(13)19-7-8-20(22(27)28)21(24)11-19/h3-11H,1-2H3,(H,27,28)/b17-10-. The number of hydrogen-bond donors (Lipinski definition) is 1. The molecule has 6 heteroatoms. The Morgan fingerprint density at radius 2 is 1.79 bits per heavy atom. The third kappa shape index (κ3) is 3.82. The van der Waals surface area contributed by atoms with Crippen LogP contribution in [0.5, 0.6) is 0 Å². The van der Waals surface area contributed by atoms with Gasteiger partial charge in [-0.05, 0) is 67.4 Å². The lowest BCUT2D eigenvalue weighted by Gasteiger charge is -2.11. The zero-order chi connectivity index (χ0) is 20.4. The van der Waals surface area contributed by atoms with Crippen molar-refractivity contribution in [3.05, 3.63) is 86.7 Å². The molecule has 1 heterocycles. The Morgan fingerprint density at radius 1 is 1.11 bits per heavy atom. The van der Waals surface area contributed by atoms with Crippen LogP contribution in [0, 0.1) is 25.2 Å². The van der Waals surface area contributed by atoms with Crippen molar-refractivity contribution >= 4 is 40.8 Å². The molecule has 0 unspecified atom stereocenters. The van der Waals surface area contributed by atoms with Gasteiger partial charge in [-0.1, -0.05) is 35.3 Å². The highest BCUT2D eigenvalue weighted by atomic mass is 35.5. The lowest BCUT2D eigenvalue weighted by Crippen LogP contribution is -2.02. The maximum absolute atomic E-state index is 11.2. The van der Waals surface area contributed by atoms with Crippen LogP contribution in [0.4, 0.5) is 0 Å². The number of hydrogen-bond acceptors (Lipinski definition) is 2. The van der Waals surface area contributed by atoms with Crippen LogP contribution >= 0.6 is 23.2 Å². The monoisotopic (exact) mass is 410 g/mol. The van der Waals surface area contributed by atoms with E-state index < -0.39 is 5.97 Å². The molecule has 4 nitrogen and oxygen atoms in total. The highest BCUT2D eigenvalue weighted by molar-refractivity contribution is 6.33. The molecule has 140 valence electrons. The van der Waals surface area contributed by atoms with Gasteiger partial charge in [0.05, 0.1) is 22.2 Å². The third-order valence-electron chi connectivity index (χ3n) is 4.49. The van der Waals surface area contributed by atoms with Gasteiger partial charge in [0.1, 0.15) is 0 Å². The molecule has 0 saturated heterocycles. The van der Waals surface area contributed by atoms with Crippen molar-refractivity contribution in [1.29, 1.82) is 5.26 Å². The molecular weight excluding hydrogens is 395 g/mol. The molecule has 3 rings (SSSR count). The van der Waals surface area contributed by atoms with E-state index in [4.69, 9.17) is 28.3 Å². The number of carboxylic acid groups (broad SMARTS) is 1. The Labute approximate surface area is 172 Å². The first kappa shape index (κ1) is 19.8. The van der Waals surface area contributed by atoms with Gasteiger partial charge in [-0.2, -0.15) is 5.26 Å². The SMILES string of the molecule is Cc1cc(/C=C(/C#N)c2ccc(Cl)cc2)c(C)n1-c1ccc(C(=O)O)c(Cl)c1. The summed E-state index contributed by atoms with van der Waals surface area (Å²) in [5.41, 5.74) is 4.87. The van der Waals surface area contributed by atoms with E-state index in [0.717, 1.165) is 28.2 Å². The van der Waals surface area contributed by atoms with Crippen molar-refractivity contribution in [2.75, 3.05) is 0 Å². The van der Waals surface area contributed by atoms with Gasteiger partial charge in [-0.3, -0.25) is 0 Å². The summed E-state index contributed by atoms with van der Waals surface area (Å²) in [4.78, 5) is 11.2. The second kappa shape index (κ2) is 7.93. The van der Waals surface area contributed by atoms with E-state index in [1.807, 2.05) is 30.6 Å². The minimum atomic E-state index is -1.07. The molecule has 0 spiro atoms. The summed E-state index contributed by atoms with van der Waals surface area (Å²) < 4.78 is 1.97. The van der Waals surface area contributed by atoms with Crippen molar-refractivity contribution in [2.45, 2.75) is 13.8 Å². The summed E-state index contributed by atoms with van der Waals surface area (Å²) in [5, 5.41) is 19.5. The zero-order valence-corrected chi connectivity index (χ0v) is 16.7. The van der Waals surface area contributed by atoms with Crippen LogP contribution in [0.1, 0.15) is 32.9 Å². The second-order valence-electron chi connectivity index (χ2n) is 6.31. The van der Waals surface area contributed by atoms with E-state index in [0.29, 0.717) is 10.6 Å². The number of nitriles is 1. The molecule has 3 aromatic rings. The second-order valence-corrected chi connectivity index (χ2v) is 7.15. The van der Waals surface area contributed by atoms with Gasteiger partial charge in [0.15, 0.2) is 0 Å². The summed E-state index contributed by atoms with van der Waals surface area (Å²) in [6.45, 7) is 3.88. The molecule has 0 saturated carbocycles. The number of benzene rings is 2. The normalized spacial score (nSPS) is 11.3. The van der Waals surface area contributed by atoms with E-state index >= 15 is 0 Å². The average Bonchev–Trinajstić information content (AvgIpc) is 2.93. The molecule has 0 atom stereocenters. The van der Waals surface area contributed by atoms with Gasteiger partial charge in [-0.15, -0.1) is 0 Å². The molecule has 0 aliphatic heterocycles. The fraction of sp³-hybridized carbons (Fsp3) is 0.0909. The smallest absolute Gasteiger partial charge is 0.337 e. The van der Waals surface area contributed by atoms with E-state index in [1.54, 1.807) is 36.4 Å². The quantitative estimate of drug-likeness (QED) is 0.523. The highest BCUT2D eigenvalue weighted by Gasteiger charge is 2.14. The van der Waals surface area contributed by atoms with E-state index in [1.165, 1.54) is 6.07 Å². The number of nitrogens with zero attached hydrogens (tertiary/aromatic N) is 2. The first-order valence-corrected chi connectivity index (χ1v) is 9.17. The molecule has 28 heavy (non-hydrogen) atoms. The van der Waals surface area contributed by atoms with Gasteiger partial charge in [-0.25, -0.2) is 4.79 Å². The van der Waals surface area contributed by atoms with Gasteiger partial charge in [0.2, 0.25) is 0 Å². The highest BCUT2D eigenvalue weighted by Crippen LogP contribution is 2.28. The number of allylic oxidation sites excluding steroid dienone is 1. The van der Waals surface area contributed by atoms with Crippen LogP contribution in [0.25, 0.3) is 17.3 Å². The van der Waals surface area contributed by atoms with E-state index in [-0.39, 0.29) is 10.6 Å². The lowest BCUT2D eigenvalue weighted by molar-refractivity contribution is 0.0697. The Balaban J connectivity index is 2.07. The number of aromatic nitrogens is 1. The van der Waals surface area contributed by atoms with Crippen LogP contribution < -0.4 is 0 Å². The molecule has 0 bridgehead atoms. The zero-order valence-electron chi connectivity index (χ0n) is 15.2. The first-order chi connectivity index (χ1) is 13.3. The van der Waals surface area contributed by atoms with Crippen LogP contribution in [-0.4, -0.2) is 15.6 Å². The number of rotatable bonds is 4. The maximum atomic E-state index is 11.2. The Kier molecular flexibility index (Phi) is 5.60. The van der Waals surface area contributed by atoms with Gasteiger partial charge in [0, 0.05) is 22.1 Å². The molecule has 0 aliphatic rings. The summed E-state index contributed by atoms with van der Waals surface area (Å²) in [6.07, 6.45) is 1.83. The van der Waals surface area contributed by atoms with Crippen molar-refractivity contribution in [3.8, 4) is 11.8 Å². The summed E-state index contributed by atoms with van der Waals surface area (Å²) >= 11 is 12.1. The number of carboxylic acids is 1. The largest absolute Gasteiger partial charge is 0.478 e. The Bertz CT molecular complexity index is 1140. The van der Waals surface area contributed by atoms with Gasteiger partial charge in [0.25, 0.3) is 0 Å². The van der Waals surface area contributed by atoms with Crippen molar-refractivity contribution in [1.82, 2.24) is 4.57 Å². The van der Waals surface area contributed by atoms with Crippen LogP contribution in [0.3, 0.4) is 0 Å². The molecule has 2 aromatic carbocycles. The maximum Gasteiger partial charge on any atom is 0.337 e. The molecule has 0 fully saturated rings. The third-order valence-corrected chi connectivity index (χ3v) is 5.05. The first-order valence-electron chi connectivity index (χ1n) is 8.41. The predicted molar refractivity (Wildman–Crippen MR) is 112 cm³/mol. The lowest BCUT2D eigenvalue weighted by atomic mass is 10.0. The molecule has 0 radical (unpaired) electrons. The molecule has 0 aliphatic carbocycles. The fourth-order valence-electron chi connectivity index (χ4n) is 3.11. The van der Waals surface area contributed by atoms with Crippen LogP contribution in [-0.2, 0) is 0 Å². The molecule has 1 N–H and O–H groups in total. The Hall–Kier alpha value is -3.00. The molecular formula is C22H16Cl2N2O2. The van der Waals surface area contributed by atoms with Crippen molar-refractivity contribution < 1.29 is 9.90 Å². The van der Waals surface area contributed by atoms with Crippen molar-refractivity contribution in [3.63, 3.8) is 0 Å². The number of halogens is 2. The molecule has 1 aromatic heterocycles. The average molecular weight is 411 g/mol. The number of aryl methyl sites for hydroxylation is 1.